The van der Waals surface area contributed by atoms with Gasteiger partial charge in [-0.05, 0) is 32.9 Å². The van der Waals surface area contributed by atoms with Gasteiger partial charge in [-0.1, -0.05) is 23.9 Å². The van der Waals surface area contributed by atoms with Gasteiger partial charge in [-0.3, -0.25) is 14.3 Å². The molecular formula is C16H18N4O2S. The van der Waals surface area contributed by atoms with Gasteiger partial charge in [-0.2, -0.15) is 5.10 Å². The van der Waals surface area contributed by atoms with Crippen LogP contribution in [0, 0.1) is 13.8 Å². The molecule has 1 aromatic carbocycles. The van der Waals surface area contributed by atoms with Crippen LogP contribution in [0.15, 0.2) is 29.2 Å². The summed E-state index contributed by atoms with van der Waals surface area (Å²) in [5.41, 5.74) is 2.97. The standard InChI is InChI=1S/C16H18N4O2S/c1-9-13(10(2)20(4)19-9)18-15(22)16(3)14(21)17-11-7-5-6-8-12(11)23-16/h5-8H,1-4H3,(H,17,21)(H,18,22)/t16-/m0/s1. The number of rotatable bonds is 2. The largest absolute Gasteiger partial charge is 0.323 e. The van der Waals surface area contributed by atoms with Crippen molar-refractivity contribution in [1.82, 2.24) is 9.78 Å². The van der Waals surface area contributed by atoms with E-state index in [4.69, 9.17) is 0 Å². The number of aryl methyl sites for hydroxylation is 2. The second-order valence-corrected chi connectivity index (χ2v) is 7.17. The molecule has 0 unspecified atom stereocenters. The number of anilines is 2. The molecule has 1 atom stereocenters. The van der Waals surface area contributed by atoms with Gasteiger partial charge in [-0.25, -0.2) is 0 Å². The van der Waals surface area contributed by atoms with Crippen LogP contribution in [-0.4, -0.2) is 26.3 Å². The lowest BCUT2D eigenvalue weighted by atomic mass is 10.1. The van der Waals surface area contributed by atoms with Crippen LogP contribution in [0.1, 0.15) is 18.3 Å². The van der Waals surface area contributed by atoms with E-state index in [2.05, 4.69) is 15.7 Å². The molecule has 0 radical (unpaired) electrons. The van der Waals surface area contributed by atoms with Crippen molar-refractivity contribution < 1.29 is 9.59 Å². The third kappa shape index (κ3) is 2.50. The van der Waals surface area contributed by atoms with Crippen molar-refractivity contribution >= 4 is 35.0 Å². The second kappa shape index (κ2) is 5.42. The van der Waals surface area contributed by atoms with Gasteiger partial charge in [0.2, 0.25) is 11.8 Å². The number of para-hydroxylation sites is 1. The molecule has 23 heavy (non-hydrogen) atoms. The summed E-state index contributed by atoms with van der Waals surface area (Å²) in [6.07, 6.45) is 0. The predicted molar refractivity (Wildman–Crippen MR) is 90.6 cm³/mol. The van der Waals surface area contributed by atoms with Crippen molar-refractivity contribution in [2.75, 3.05) is 10.6 Å². The predicted octanol–water partition coefficient (Wildman–Crippen LogP) is 2.48. The number of carbonyl (C=O) groups excluding carboxylic acids is 2. The zero-order valence-corrected chi connectivity index (χ0v) is 14.2. The smallest absolute Gasteiger partial charge is 0.250 e. The average Bonchev–Trinajstić information content (AvgIpc) is 2.74. The molecule has 0 fully saturated rings. The van der Waals surface area contributed by atoms with Crippen LogP contribution in [0.4, 0.5) is 11.4 Å². The monoisotopic (exact) mass is 330 g/mol. The van der Waals surface area contributed by atoms with Gasteiger partial charge in [-0.15, -0.1) is 0 Å². The van der Waals surface area contributed by atoms with E-state index in [1.54, 1.807) is 11.6 Å². The quantitative estimate of drug-likeness (QED) is 0.830. The van der Waals surface area contributed by atoms with Crippen molar-refractivity contribution in [2.24, 2.45) is 7.05 Å². The first-order valence-electron chi connectivity index (χ1n) is 7.24. The molecular weight excluding hydrogens is 312 g/mol. The van der Waals surface area contributed by atoms with Crippen LogP contribution >= 0.6 is 11.8 Å². The topological polar surface area (TPSA) is 76.0 Å². The number of carbonyl (C=O) groups is 2. The Labute approximate surface area is 138 Å². The molecule has 1 aliphatic heterocycles. The maximum absolute atomic E-state index is 12.8. The molecule has 2 amide bonds. The molecule has 0 aliphatic carbocycles. The van der Waals surface area contributed by atoms with Crippen molar-refractivity contribution in [3.8, 4) is 0 Å². The highest BCUT2D eigenvalue weighted by Gasteiger charge is 2.46. The molecule has 6 nitrogen and oxygen atoms in total. The molecule has 0 spiro atoms. The fraction of sp³-hybridized carbons (Fsp3) is 0.312. The fourth-order valence-electron chi connectivity index (χ4n) is 2.50. The van der Waals surface area contributed by atoms with Crippen LogP contribution in [-0.2, 0) is 16.6 Å². The molecule has 0 saturated heterocycles. The van der Waals surface area contributed by atoms with E-state index in [1.165, 1.54) is 11.8 Å². The minimum absolute atomic E-state index is 0.321. The third-order valence-electron chi connectivity index (χ3n) is 4.06. The van der Waals surface area contributed by atoms with E-state index in [0.29, 0.717) is 5.69 Å². The summed E-state index contributed by atoms with van der Waals surface area (Å²) in [5.74, 6) is -0.674. The number of nitrogens with zero attached hydrogens (tertiary/aromatic N) is 2. The van der Waals surface area contributed by atoms with Crippen LogP contribution in [0.5, 0.6) is 0 Å². The van der Waals surface area contributed by atoms with Crippen LogP contribution < -0.4 is 10.6 Å². The number of fused-ring (bicyclic) bond motifs is 1. The highest BCUT2D eigenvalue weighted by molar-refractivity contribution is 8.02. The zero-order chi connectivity index (χ0) is 16.8. The Bertz CT molecular complexity index is 814. The molecule has 2 aromatic rings. The fourth-order valence-corrected chi connectivity index (χ4v) is 3.61. The van der Waals surface area contributed by atoms with Crippen molar-refractivity contribution in [1.29, 1.82) is 0 Å². The van der Waals surface area contributed by atoms with Crippen LogP contribution in [0.2, 0.25) is 0 Å². The van der Waals surface area contributed by atoms with Gasteiger partial charge in [0.05, 0.1) is 22.8 Å². The van der Waals surface area contributed by atoms with Crippen molar-refractivity contribution in [2.45, 2.75) is 30.4 Å². The third-order valence-corrected chi connectivity index (χ3v) is 5.42. The summed E-state index contributed by atoms with van der Waals surface area (Å²) >= 11 is 1.26. The van der Waals surface area contributed by atoms with Gasteiger partial charge in [0.25, 0.3) is 0 Å². The van der Waals surface area contributed by atoms with Crippen molar-refractivity contribution in [3.63, 3.8) is 0 Å². The molecule has 1 aromatic heterocycles. The Balaban J connectivity index is 1.91. The lowest BCUT2D eigenvalue weighted by Gasteiger charge is -2.31. The SMILES string of the molecule is Cc1nn(C)c(C)c1NC(=O)[C@@]1(C)Sc2ccccc2NC1=O. The van der Waals surface area contributed by atoms with Crippen LogP contribution in [0.25, 0.3) is 0 Å². The highest BCUT2D eigenvalue weighted by atomic mass is 32.2. The van der Waals surface area contributed by atoms with E-state index >= 15 is 0 Å². The number of thioether (sulfide) groups is 1. The molecule has 3 rings (SSSR count). The number of aromatic nitrogens is 2. The molecule has 2 heterocycles. The summed E-state index contributed by atoms with van der Waals surface area (Å²) < 4.78 is 0.472. The van der Waals surface area contributed by atoms with Gasteiger partial charge in [0.1, 0.15) is 0 Å². The van der Waals surface area contributed by atoms with E-state index in [9.17, 15) is 9.59 Å². The number of hydrogen-bond donors (Lipinski definition) is 2. The Morgan fingerprint density at radius 2 is 2.04 bits per heavy atom. The molecule has 0 saturated carbocycles. The molecule has 0 bridgehead atoms. The van der Waals surface area contributed by atoms with E-state index in [0.717, 1.165) is 22.0 Å². The maximum Gasteiger partial charge on any atom is 0.250 e. The summed E-state index contributed by atoms with van der Waals surface area (Å²) in [5, 5.41) is 9.96. The first-order chi connectivity index (χ1) is 10.8. The Morgan fingerprint density at radius 3 is 2.70 bits per heavy atom. The molecule has 120 valence electrons. The van der Waals surface area contributed by atoms with Gasteiger partial charge in [0.15, 0.2) is 4.75 Å². The van der Waals surface area contributed by atoms with Gasteiger partial charge in [0, 0.05) is 11.9 Å². The average molecular weight is 330 g/mol. The van der Waals surface area contributed by atoms with Gasteiger partial charge < -0.3 is 10.6 Å². The van der Waals surface area contributed by atoms with Crippen LogP contribution in [0.3, 0.4) is 0 Å². The minimum atomic E-state index is -1.23. The maximum atomic E-state index is 12.8. The van der Waals surface area contributed by atoms with E-state index < -0.39 is 4.75 Å². The second-order valence-electron chi connectivity index (χ2n) is 5.71. The first-order valence-corrected chi connectivity index (χ1v) is 8.05. The number of nitrogens with one attached hydrogen (secondary N) is 2. The Kier molecular flexibility index (Phi) is 3.68. The summed E-state index contributed by atoms with van der Waals surface area (Å²) in [6, 6.07) is 7.46. The number of benzene rings is 1. The zero-order valence-electron chi connectivity index (χ0n) is 13.4. The number of hydrogen-bond acceptors (Lipinski definition) is 4. The highest BCUT2D eigenvalue weighted by Crippen LogP contribution is 2.42. The molecule has 7 heteroatoms. The van der Waals surface area contributed by atoms with Gasteiger partial charge >= 0.3 is 0 Å². The Morgan fingerprint density at radius 1 is 1.35 bits per heavy atom. The lowest BCUT2D eigenvalue weighted by Crippen LogP contribution is -2.49. The van der Waals surface area contributed by atoms with E-state index in [1.807, 2.05) is 45.2 Å². The Hall–Kier alpha value is -2.28. The minimum Gasteiger partial charge on any atom is -0.323 e. The summed E-state index contributed by atoms with van der Waals surface area (Å²) in [4.78, 5) is 26.1. The van der Waals surface area contributed by atoms with E-state index in [-0.39, 0.29) is 11.8 Å². The molecule has 1 aliphatic rings. The number of amides is 2. The summed E-state index contributed by atoms with van der Waals surface area (Å²) in [7, 11) is 1.82. The normalized spacial score (nSPS) is 19.9. The summed E-state index contributed by atoms with van der Waals surface area (Å²) in [6.45, 7) is 5.34. The first kappa shape index (κ1) is 15.6. The van der Waals surface area contributed by atoms with Crippen molar-refractivity contribution in [3.05, 3.63) is 35.7 Å². The molecule has 2 N–H and O–H groups in total. The lowest BCUT2D eigenvalue weighted by molar-refractivity contribution is -0.126.